The maximum Gasteiger partial charge on any atom is 0.472 e. The Morgan fingerprint density at radius 2 is 0.485 bits per heavy atom. The van der Waals surface area contributed by atoms with Crippen molar-refractivity contribution < 1.29 is 80.2 Å². The van der Waals surface area contributed by atoms with E-state index in [1.54, 1.807) is 0 Å². The summed E-state index contributed by atoms with van der Waals surface area (Å²) in [6, 6.07) is 0. The second kappa shape index (κ2) is 69.1. The van der Waals surface area contributed by atoms with Crippen molar-refractivity contribution in [1.82, 2.24) is 0 Å². The molecule has 0 bridgehead atoms. The van der Waals surface area contributed by atoms with Gasteiger partial charge in [0.2, 0.25) is 0 Å². The Balaban J connectivity index is 5.23. The Morgan fingerprint density at radius 1 is 0.283 bits per heavy atom. The molecule has 0 amide bonds. The van der Waals surface area contributed by atoms with Gasteiger partial charge in [-0.25, -0.2) is 9.13 Å². The molecule has 0 aromatic carbocycles. The number of carbonyl (C=O) groups is 4. The summed E-state index contributed by atoms with van der Waals surface area (Å²) < 4.78 is 68.7. The molecule has 588 valence electrons. The van der Waals surface area contributed by atoms with Crippen LogP contribution in [0.15, 0.2) is 0 Å². The van der Waals surface area contributed by atoms with Crippen molar-refractivity contribution in [3.8, 4) is 0 Å². The van der Waals surface area contributed by atoms with Gasteiger partial charge in [-0.15, -0.1) is 0 Å². The zero-order chi connectivity index (χ0) is 73.1. The first-order chi connectivity index (χ1) is 47.6. The molecule has 0 heterocycles. The highest BCUT2D eigenvalue weighted by Crippen LogP contribution is 2.45. The number of esters is 4. The van der Waals surface area contributed by atoms with E-state index >= 15 is 0 Å². The molecule has 99 heavy (non-hydrogen) atoms. The van der Waals surface area contributed by atoms with Crippen molar-refractivity contribution in [3.05, 3.63) is 0 Å². The Morgan fingerprint density at radius 3 is 0.717 bits per heavy atom. The highest BCUT2D eigenvalue weighted by atomic mass is 31.2. The fourth-order valence-electron chi connectivity index (χ4n) is 12.2. The van der Waals surface area contributed by atoms with Crippen LogP contribution in [0.2, 0.25) is 0 Å². The Labute approximate surface area is 607 Å². The van der Waals surface area contributed by atoms with Gasteiger partial charge in [-0.2, -0.15) is 0 Å². The van der Waals surface area contributed by atoms with Crippen LogP contribution in [0.25, 0.3) is 0 Å². The van der Waals surface area contributed by atoms with E-state index < -0.39 is 97.5 Å². The highest BCUT2D eigenvalue weighted by molar-refractivity contribution is 7.47. The van der Waals surface area contributed by atoms with Gasteiger partial charge < -0.3 is 33.8 Å². The number of aliphatic hydroxyl groups is 1. The minimum Gasteiger partial charge on any atom is -0.462 e. The van der Waals surface area contributed by atoms with Gasteiger partial charge in [0.25, 0.3) is 0 Å². The monoisotopic (exact) mass is 1450 g/mol. The maximum atomic E-state index is 13.1. The molecule has 0 spiro atoms. The molecular formula is C80H156O17P2. The molecule has 0 aliphatic carbocycles. The number of aliphatic hydroxyl groups excluding tert-OH is 1. The lowest BCUT2D eigenvalue weighted by Crippen LogP contribution is -2.30. The zero-order valence-electron chi connectivity index (χ0n) is 65.1. The van der Waals surface area contributed by atoms with E-state index in [4.69, 9.17) is 37.0 Å². The van der Waals surface area contributed by atoms with Crippen LogP contribution >= 0.6 is 15.6 Å². The SMILES string of the molecule is CCC(C)CCCCCCCCCCCCC(=O)O[C@H](COC(=O)CCCCCCCCCCCCCCCC(C)C)COP(=O)(O)OCC(O)COP(=O)(O)OC[C@@H](COC(=O)CCCCCCCCCC(C)C)OC(=O)CCCCCCCCCCCCCCCCCCC(C)C. The molecule has 0 saturated carbocycles. The van der Waals surface area contributed by atoms with Gasteiger partial charge in [-0.3, -0.25) is 37.3 Å². The molecule has 0 aromatic rings. The smallest absolute Gasteiger partial charge is 0.462 e. The van der Waals surface area contributed by atoms with Crippen LogP contribution in [0.1, 0.15) is 409 Å². The van der Waals surface area contributed by atoms with Crippen molar-refractivity contribution in [2.24, 2.45) is 23.7 Å². The Bertz CT molecular complexity index is 1940. The molecule has 0 saturated heterocycles. The fraction of sp³-hybridized carbons (Fsp3) is 0.950. The maximum absolute atomic E-state index is 13.1. The lowest BCUT2D eigenvalue weighted by Gasteiger charge is -2.21. The van der Waals surface area contributed by atoms with Gasteiger partial charge in [0.05, 0.1) is 26.4 Å². The number of ether oxygens (including phenoxy) is 4. The molecular weight excluding hydrogens is 1290 g/mol. The molecule has 0 aromatic heterocycles. The van der Waals surface area contributed by atoms with E-state index in [9.17, 15) is 43.2 Å². The van der Waals surface area contributed by atoms with Crippen LogP contribution in [0, 0.1) is 23.7 Å². The summed E-state index contributed by atoms with van der Waals surface area (Å²) in [7, 11) is -9.92. The number of rotatable bonds is 77. The minimum absolute atomic E-state index is 0.106. The molecule has 0 aliphatic rings. The fourth-order valence-corrected chi connectivity index (χ4v) is 13.8. The number of phosphoric acid groups is 2. The van der Waals surface area contributed by atoms with Crippen molar-refractivity contribution in [2.45, 2.75) is 427 Å². The first-order valence-corrected chi connectivity index (χ1v) is 44.2. The van der Waals surface area contributed by atoms with Gasteiger partial charge in [0, 0.05) is 25.7 Å². The Kier molecular flexibility index (Phi) is 67.8. The van der Waals surface area contributed by atoms with E-state index in [1.165, 1.54) is 205 Å². The molecule has 4 unspecified atom stereocenters. The summed E-state index contributed by atoms with van der Waals surface area (Å²) in [4.78, 5) is 73.0. The van der Waals surface area contributed by atoms with E-state index in [0.29, 0.717) is 31.6 Å². The average Bonchev–Trinajstić information content (AvgIpc) is 1.42. The average molecular weight is 1450 g/mol. The minimum atomic E-state index is -4.96. The predicted molar refractivity (Wildman–Crippen MR) is 404 cm³/mol. The van der Waals surface area contributed by atoms with Crippen molar-refractivity contribution in [2.75, 3.05) is 39.6 Å². The molecule has 0 rings (SSSR count). The first kappa shape index (κ1) is 97.1. The molecule has 17 nitrogen and oxygen atoms in total. The van der Waals surface area contributed by atoms with Crippen molar-refractivity contribution >= 4 is 39.5 Å². The highest BCUT2D eigenvalue weighted by Gasteiger charge is 2.30. The van der Waals surface area contributed by atoms with Crippen LogP contribution < -0.4 is 0 Å². The molecule has 6 atom stereocenters. The third kappa shape index (κ3) is 72.8. The second-order valence-electron chi connectivity index (χ2n) is 30.5. The van der Waals surface area contributed by atoms with Gasteiger partial charge in [-0.05, 0) is 49.4 Å². The number of unbranched alkanes of at least 4 members (excludes halogenated alkanes) is 42. The molecule has 19 heteroatoms. The summed E-state index contributed by atoms with van der Waals surface area (Å²) in [5.41, 5.74) is 0. The molecule has 0 radical (unpaired) electrons. The zero-order valence-corrected chi connectivity index (χ0v) is 66.9. The van der Waals surface area contributed by atoms with E-state index in [2.05, 4.69) is 55.4 Å². The quantitative estimate of drug-likeness (QED) is 0.0222. The number of carbonyl (C=O) groups excluding carboxylic acids is 4. The van der Waals surface area contributed by atoms with E-state index in [0.717, 1.165) is 114 Å². The van der Waals surface area contributed by atoms with Crippen LogP contribution in [-0.4, -0.2) is 96.7 Å². The normalized spacial score (nSPS) is 14.3. The topological polar surface area (TPSA) is 237 Å². The predicted octanol–water partition coefficient (Wildman–Crippen LogP) is 23.6. The van der Waals surface area contributed by atoms with Gasteiger partial charge in [0.1, 0.15) is 19.3 Å². The summed E-state index contributed by atoms with van der Waals surface area (Å²) in [6.07, 6.45) is 55.5. The molecule has 0 fully saturated rings. The largest absolute Gasteiger partial charge is 0.472 e. The standard InChI is InChI=1S/C80H156O17P2/c1-9-73(8)59-51-43-35-27-23-24-30-38-47-55-63-80(85)96-75(66-90-77(82)60-52-44-36-28-21-18-14-16-20-26-33-41-49-57-71(4)5)68-94-98(86,87)92-64-74(81)65-93-99(88,89)95-69-76(67-91-78(83)61-53-45-39-31-34-42-50-58-72(6)7)97-79(84)62-54-46-37-29-22-17-13-11-10-12-15-19-25-32-40-48-56-70(2)3/h70-76,81H,9-69H2,1-8H3,(H,86,87)(H,88,89)/t73?,74?,75-,76-/m1/s1. The lowest BCUT2D eigenvalue weighted by molar-refractivity contribution is -0.161. The lowest BCUT2D eigenvalue weighted by atomic mass is 9.99. The van der Waals surface area contributed by atoms with Crippen LogP contribution in [-0.2, 0) is 65.4 Å². The number of hydrogen-bond donors (Lipinski definition) is 3. The summed E-state index contributed by atoms with van der Waals surface area (Å²) in [6.45, 7) is 14.3. The summed E-state index contributed by atoms with van der Waals surface area (Å²) in [5, 5.41) is 10.6. The van der Waals surface area contributed by atoms with Gasteiger partial charge in [0.15, 0.2) is 12.2 Å². The van der Waals surface area contributed by atoms with E-state index in [-0.39, 0.29) is 25.7 Å². The number of phosphoric ester groups is 2. The third-order valence-electron chi connectivity index (χ3n) is 18.9. The van der Waals surface area contributed by atoms with Crippen molar-refractivity contribution in [1.29, 1.82) is 0 Å². The Hall–Kier alpha value is -1.94. The first-order valence-electron chi connectivity index (χ1n) is 41.2. The second-order valence-corrected chi connectivity index (χ2v) is 33.4. The van der Waals surface area contributed by atoms with Crippen LogP contribution in [0.3, 0.4) is 0 Å². The van der Waals surface area contributed by atoms with Crippen molar-refractivity contribution in [3.63, 3.8) is 0 Å². The van der Waals surface area contributed by atoms with E-state index in [1.807, 2.05) is 0 Å². The molecule has 0 aliphatic heterocycles. The van der Waals surface area contributed by atoms with Crippen LogP contribution in [0.4, 0.5) is 0 Å². The third-order valence-corrected chi connectivity index (χ3v) is 20.8. The van der Waals surface area contributed by atoms with Gasteiger partial charge >= 0.3 is 39.5 Å². The van der Waals surface area contributed by atoms with Crippen LogP contribution in [0.5, 0.6) is 0 Å². The summed E-state index contributed by atoms with van der Waals surface area (Å²) in [5.74, 6) is 0.992. The van der Waals surface area contributed by atoms with Gasteiger partial charge in [-0.1, -0.05) is 357 Å². The molecule has 3 N–H and O–H groups in total. The number of hydrogen-bond acceptors (Lipinski definition) is 15. The summed E-state index contributed by atoms with van der Waals surface area (Å²) >= 11 is 0.